The van der Waals surface area contributed by atoms with Crippen LogP contribution in [0.25, 0.3) is 0 Å². The molecule has 0 fully saturated rings. The van der Waals surface area contributed by atoms with E-state index in [2.05, 4.69) is 0 Å². The lowest BCUT2D eigenvalue weighted by molar-refractivity contribution is 0.621. The molecule has 0 bridgehead atoms. The number of nitriles is 2. The van der Waals surface area contributed by atoms with Gasteiger partial charge in [0.1, 0.15) is 18.9 Å². The molecule has 0 saturated carbocycles. The summed E-state index contributed by atoms with van der Waals surface area (Å²) >= 11 is 5.69. The number of halogens is 2. The number of para-hydroxylation sites is 1. The Kier molecular flexibility index (Phi) is 4.57. The van der Waals surface area contributed by atoms with Crippen molar-refractivity contribution in [3.8, 4) is 12.1 Å². The van der Waals surface area contributed by atoms with E-state index in [0.717, 1.165) is 0 Å². The lowest BCUT2D eigenvalue weighted by Crippen LogP contribution is -2.26. The van der Waals surface area contributed by atoms with Crippen LogP contribution < -0.4 is 4.90 Å². The third-order valence-electron chi connectivity index (χ3n) is 2.05. The molecule has 0 aliphatic heterocycles. The summed E-state index contributed by atoms with van der Waals surface area (Å²) in [6, 6.07) is 8.30. The summed E-state index contributed by atoms with van der Waals surface area (Å²) in [6.07, 6.45) is 0. The molecule has 0 aliphatic carbocycles. The molecule has 3 nitrogen and oxygen atoms in total. The molecule has 0 N–H and O–H groups in total. The zero-order chi connectivity index (χ0) is 12.0. The van der Waals surface area contributed by atoms with Crippen molar-refractivity contribution >= 4 is 17.3 Å². The van der Waals surface area contributed by atoms with Gasteiger partial charge in [-0.05, 0) is 11.6 Å². The second kappa shape index (κ2) is 5.95. The molecule has 16 heavy (non-hydrogen) atoms. The number of hydrogen-bond donors (Lipinski definition) is 0. The zero-order valence-electron chi connectivity index (χ0n) is 8.45. The molecule has 1 rings (SSSR count). The third kappa shape index (κ3) is 2.62. The first kappa shape index (κ1) is 12.3. The van der Waals surface area contributed by atoms with Crippen LogP contribution in [0, 0.1) is 28.5 Å². The molecule has 0 unspecified atom stereocenters. The molecule has 0 aromatic heterocycles. The minimum atomic E-state index is -0.469. The topological polar surface area (TPSA) is 50.8 Å². The van der Waals surface area contributed by atoms with Gasteiger partial charge >= 0.3 is 0 Å². The number of hydrogen-bond acceptors (Lipinski definition) is 3. The number of benzene rings is 1. The van der Waals surface area contributed by atoms with Gasteiger partial charge in [-0.15, -0.1) is 11.6 Å². The van der Waals surface area contributed by atoms with E-state index in [-0.39, 0.29) is 24.7 Å². The van der Waals surface area contributed by atoms with E-state index in [4.69, 9.17) is 22.1 Å². The minimum Gasteiger partial charge on any atom is -0.342 e. The Bertz CT molecular complexity index is 432. The van der Waals surface area contributed by atoms with Gasteiger partial charge in [-0.3, -0.25) is 0 Å². The molecule has 0 spiro atoms. The van der Waals surface area contributed by atoms with Crippen molar-refractivity contribution in [2.45, 2.75) is 5.88 Å². The predicted molar refractivity (Wildman–Crippen MR) is 59.4 cm³/mol. The molecular weight excluding hydrogens is 229 g/mol. The molecule has 5 heteroatoms. The second-order valence-electron chi connectivity index (χ2n) is 3.05. The maximum Gasteiger partial charge on any atom is 0.146 e. The molecular formula is C11H9ClFN3. The summed E-state index contributed by atoms with van der Waals surface area (Å²) in [4.78, 5) is 1.37. The minimum absolute atomic E-state index is 0.0433. The van der Waals surface area contributed by atoms with Crippen molar-refractivity contribution in [3.05, 3.63) is 29.6 Å². The average Bonchev–Trinajstić information content (AvgIpc) is 2.28. The van der Waals surface area contributed by atoms with Gasteiger partial charge < -0.3 is 4.90 Å². The highest BCUT2D eigenvalue weighted by Gasteiger charge is 2.14. The zero-order valence-corrected chi connectivity index (χ0v) is 9.21. The molecule has 0 radical (unpaired) electrons. The smallest absolute Gasteiger partial charge is 0.146 e. The van der Waals surface area contributed by atoms with Crippen molar-refractivity contribution in [1.29, 1.82) is 10.5 Å². The largest absolute Gasteiger partial charge is 0.342 e. The van der Waals surface area contributed by atoms with E-state index in [1.165, 1.54) is 11.0 Å². The number of anilines is 1. The van der Waals surface area contributed by atoms with E-state index in [0.29, 0.717) is 5.56 Å². The Hall–Kier alpha value is -1.78. The molecule has 82 valence electrons. The second-order valence-corrected chi connectivity index (χ2v) is 3.32. The highest BCUT2D eigenvalue weighted by atomic mass is 35.5. The van der Waals surface area contributed by atoms with E-state index in [1.54, 1.807) is 12.1 Å². The van der Waals surface area contributed by atoms with Crippen LogP contribution in [-0.4, -0.2) is 13.1 Å². The van der Waals surface area contributed by atoms with Gasteiger partial charge in [0.05, 0.1) is 17.8 Å². The molecule has 0 amide bonds. The van der Waals surface area contributed by atoms with Crippen molar-refractivity contribution in [2.24, 2.45) is 0 Å². The van der Waals surface area contributed by atoms with Crippen LogP contribution in [0.3, 0.4) is 0 Å². The van der Waals surface area contributed by atoms with Gasteiger partial charge in [0.15, 0.2) is 0 Å². The van der Waals surface area contributed by atoms with Crippen LogP contribution >= 0.6 is 11.6 Å². The molecule has 1 aromatic rings. The molecule has 0 saturated heterocycles. The van der Waals surface area contributed by atoms with Crippen molar-refractivity contribution in [2.75, 3.05) is 18.0 Å². The normalized spacial score (nSPS) is 9.25. The SMILES string of the molecule is N#CCN(CC#N)c1c(F)cccc1CCl. The summed E-state index contributed by atoms with van der Waals surface area (Å²) < 4.78 is 13.6. The maximum atomic E-state index is 13.6. The van der Waals surface area contributed by atoms with Crippen LogP contribution in [0.5, 0.6) is 0 Å². The summed E-state index contributed by atoms with van der Waals surface area (Å²) in [5, 5.41) is 17.2. The predicted octanol–water partition coefficient (Wildman–Crippen LogP) is 2.42. The number of alkyl halides is 1. The molecule has 1 aromatic carbocycles. The lowest BCUT2D eigenvalue weighted by Gasteiger charge is -2.21. The summed E-state index contributed by atoms with van der Waals surface area (Å²) in [5.41, 5.74) is 0.813. The van der Waals surface area contributed by atoms with Gasteiger partial charge in [-0.25, -0.2) is 4.39 Å². The monoisotopic (exact) mass is 237 g/mol. The van der Waals surface area contributed by atoms with Gasteiger partial charge in [0.25, 0.3) is 0 Å². The summed E-state index contributed by atoms with van der Waals surface area (Å²) in [6.45, 7) is -0.0865. The lowest BCUT2D eigenvalue weighted by atomic mass is 10.1. The summed E-state index contributed by atoms with van der Waals surface area (Å²) in [5.74, 6) is -0.330. The molecule has 0 heterocycles. The van der Waals surface area contributed by atoms with E-state index >= 15 is 0 Å². The van der Waals surface area contributed by atoms with Crippen molar-refractivity contribution < 1.29 is 4.39 Å². The third-order valence-corrected chi connectivity index (χ3v) is 2.34. The van der Waals surface area contributed by atoms with Crippen LogP contribution in [-0.2, 0) is 5.88 Å². The first-order valence-corrected chi connectivity index (χ1v) is 5.10. The summed E-state index contributed by atoms with van der Waals surface area (Å²) in [7, 11) is 0. The fraction of sp³-hybridized carbons (Fsp3) is 0.273. The Labute approximate surface area is 98.3 Å². The van der Waals surface area contributed by atoms with E-state index in [9.17, 15) is 4.39 Å². The van der Waals surface area contributed by atoms with Gasteiger partial charge in [-0.1, -0.05) is 12.1 Å². The maximum absolute atomic E-state index is 13.6. The average molecular weight is 238 g/mol. The first-order valence-electron chi connectivity index (χ1n) is 4.56. The van der Waals surface area contributed by atoms with Crippen molar-refractivity contribution in [3.63, 3.8) is 0 Å². The number of nitrogens with zero attached hydrogens (tertiary/aromatic N) is 3. The highest BCUT2D eigenvalue weighted by Crippen LogP contribution is 2.25. The van der Waals surface area contributed by atoms with Gasteiger partial charge in [0, 0.05) is 5.88 Å². The Balaban J connectivity index is 3.17. The fourth-order valence-corrected chi connectivity index (χ4v) is 1.62. The quantitative estimate of drug-likeness (QED) is 0.597. The molecule has 0 aliphatic rings. The van der Waals surface area contributed by atoms with Gasteiger partial charge in [0.2, 0.25) is 0 Å². The first-order chi connectivity index (χ1) is 7.74. The number of rotatable bonds is 4. The Morgan fingerprint density at radius 1 is 1.25 bits per heavy atom. The Morgan fingerprint density at radius 3 is 2.38 bits per heavy atom. The highest BCUT2D eigenvalue weighted by molar-refractivity contribution is 6.17. The van der Waals surface area contributed by atoms with Crippen LogP contribution in [0.1, 0.15) is 5.56 Å². The fourth-order valence-electron chi connectivity index (χ4n) is 1.41. The Morgan fingerprint density at radius 2 is 1.88 bits per heavy atom. The van der Waals surface area contributed by atoms with Gasteiger partial charge in [-0.2, -0.15) is 10.5 Å². The van der Waals surface area contributed by atoms with Crippen LogP contribution in [0.2, 0.25) is 0 Å². The van der Waals surface area contributed by atoms with Crippen LogP contribution in [0.4, 0.5) is 10.1 Å². The van der Waals surface area contributed by atoms with Crippen LogP contribution in [0.15, 0.2) is 18.2 Å². The standard InChI is InChI=1S/C11H9ClFN3/c12-8-9-2-1-3-10(13)11(9)16(6-4-14)7-5-15/h1-3H,6-8H2. The van der Waals surface area contributed by atoms with E-state index in [1.807, 2.05) is 12.1 Å². The molecule has 0 atom stereocenters. The van der Waals surface area contributed by atoms with E-state index < -0.39 is 5.82 Å². The van der Waals surface area contributed by atoms with Crippen molar-refractivity contribution in [1.82, 2.24) is 0 Å².